The fourth-order valence-corrected chi connectivity index (χ4v) is 4.38. The highest BCUT2D eigenvalue weighted by Gasteiger charge is 2.30. The zero-order valence-corrected chi connectivity index (χ0v) is 13.1. The largest absolute Gasteiger partial charge is 0.313 e. The molecule has 1 aromatic rings. The number of benzene rings is 1. The van der Waals surface area contributed by atoms with E-state index in [0.29, 0.717) is 0 Å². The van der Waals surface area contributed by atoms with E-state index in [4.69, 9.17) is 0 Å². The van der Waals surface area contributed by atoms with Gasteiger partial charge in [0.25, 0.3) is 0 Å². The minimum Gasteiger partial charge on any atom is -0.313 e. The van der Waals surface area contributed by atoms with Gasteiger partial charge in [-0.3, -0.25) is 0 Å². The minimum atomic E-state index is 0.727. The van der Waals surface area contributed by atoms with Gasteiger partial charge in [0.15, 0.2) is 0 Å². The van der Waals surface area contributed by atoms with E-state index in [1.165, 1.54) is 43.5 Å². The molecule has 1 aliphatic rings. The summed E-state index contributed by atoms with van der Waals surface area (Å²) in [7, 11) is 0. The molecule has 0 bridgehead atoms. The Labute approximate surface area is 122 Å². The molecular formula is C17H27NS. The van der Waals surface area contributed by atoms with E-state index in [2.05, 4.69) is 61.3 Å². The van der Waals surface area contributed by atoms with Gasteiger partial charge >= 0.3 is 0 Å². The Bertz CT molecular complexity index is 352. The molecule has 2 rings (SSSR count). The average Bonchev–Trinajstić information content (AvgIpc) is 2.47. The molecule has 0 heterocycles. The Morgan fingerprint density at radius 1 is 1.16 bits per heavy atom. The molecule has 0 radical (unpaired) electrons. The van der Waals surface area contributed by atoms with Crippen LogP contribution in [0.4, 0.5) is 0 Å². The van der Waals surface area contributed by atoms with Crippen molar-refractivity contribution in [2.75, 3.05) is 12.3 Å². The van der Waals surface area contributed by atoms with Crippen molar-refractivity contribution in [2.45, 2.75) is 56.7 Å². The summed E-state index contributed by atoms with van der Waals surface area (Å²) >= 11 is 2.15. The third-order valence-corrected chi connectivity index (χ3v) is 5.38. The summed E-state index contributed by atoms with van der Waals surface area (Å²) in [6, 6.07) is 11.8. The highest BCUT2D eigenvalue weighted by atomic mass is 32.2. The number of hydrogen-bond acceptors (Lipinski definition) is 2. The Morgan fingerprint density at radius 3 is 2.63 bits per heavy atom. The molecule has 1 saturated carbocycles. The summed E-state index contributed by atoms with van der Waals surface area (Å²) in [6.07, 6.45) is 5.25. The summed E-state index contributed by atoms with van der Waals surface area (Å²) in [5, 5.41) is 4.54. The number of thioether (sulfide) groups is 1. The highest BCUT2D eigenvalue weighted by Crippen LogP contribution is 2.38. The Morgan fingerprint density at radius 2 is 1.95 bits per heavy atom. The zero-order valence-electron chi connectivity index (χ0n) is 12.3. The highest BCUT2D eigenvalue weighted by molar-refractivity contribution is 7.99. The second-order valence-corrected chi connectivity index (χ2v) is 6.99. The van der Waals surface area contributed by atoms with E-state index in [1.54, 1.807) is 0 Å². The normalized spacial score (nSPS) is 27.4. The van der Waals surface area contributed by atoms with Crippen molar-refractivity contribution in [3.63, 3.8) is 0 Å². The van der Waals surface area contributed by atoms with Crippen LogP contribution in [0.3, 0.4) is 0 Å². The van der Waals surface area contributed by atoms with Gasteiger partial charge in [0.1, 0.15) is 0 Å². The summed E-state index contributed by atoms with van der Waals surface area (Å²) in [5.41, 5.74) is 1.54. The summed E-state index contributed by atoms with van der Waals surface area (Å²) < 4.78 is 0. The molecule has 0 saturated heterocycles. The van der Waals surface area contributed by atoms with E-state index < -0.39 is 0 Å². The zero-order chi connectivity index (χ0) is 13.5. The summed E-state index contributed by atoms with van der Waals surface area (Å²) in [5.74, 6) is 2.00. The molecule has 106 valence electrons. The Hall–Kier alpha value is -0.470. The van der Waals surface area contributed by atoms with Gasteiger partial charge in [0.05, 0.1) is 0 Å². The van der Waals surface area contributed by atoms with Crippen LogP contribution >= 0.6 is 11.8 Å². The quantitative estimate of drug-likeness (QED) is 0.825. The summed E-state index contributed by atoms with van der Waals surface area (Å²) in [6.45, 7) is 5.71. The summed E-state index contributed by atoms with van der Waals surface area (Å²) in [4.78, 5) is 0. The smallest absolute Gasteiger partial charge is 0.0206 e. The van der Waals surface area contributed by atoms with Crippen LogP contribution in [0.1, 0.15) is 51.0 Å². The van der Waals surface area contributed by atoms with E-state index in [-0.39, 0.29) is 0 Å². The number of nitrogens with one attached hydrogen (secondary N) is 1. The molecule has 0 aromatic heterocycles. The first-order valence-electron chi connectivity index (χ1n) is 7.75. The molecule has 1 nitrogen and oxygen atoms in total. The number of rotatable bonds is 6. The molecule has 19 heavy (non-hydrogen) atoms. The minimum absolute atomic E-state index is 0.727. The van der Waals surface area contributed by atoms with E-state index in [9.17, 15) is 0 Å². The third kappa shape index (κ3) is 4.25. The van der Waals surface area contributed by atoms with Crippen LogP contribution in [0.5, 0.6) is 0 Å². The maximum atomic E-state index is 3.76. The predicted octanol–water partition coefficient (Wildman–Crippen LogP) is 4.44. The van der Waals surface area contributed by atoms with E-state index in [0.717, 1.165) is 17.2 Å². The molecule has 1 fully saturated rings. The lowest BCUT2D eigenvalue weighted by molar-refractivity contribution is 0.353. The van der Waals surface area contributed by atoms with Crippen molar-refractivity contribution >= 4 is 11.8 Å². The van der Waals surface area contributed by atoms with E-state index >= 15 is 0 Å². The van der Waals surface area contributed by atoms with Gasteiger partial charge in [-0.25, -0.2) is 0 Å². The van der Waals surface area contributed by atoms with Crippen LogP contribution < -0.4 is 5.32 Å². The van der Waals surface area contributed by atoms with Crippen molar-refractivity contribution in [3.8, 4) is 0 Å². The molecule has 1 aliphatic carbocycles. The number of hydrogen-bond donors (Lipinski definition) is 1. The van der Waals surface area contributed by atoms with Crippen molar-refractivity contribution in [2.24, 2.45) is 0 Å². The lowest BCUT2D eigenvalue weighted by Gasteiger charge is -2.36. The average molecular weight is 277 g/mol. The van der Waals surface area contributed by atoms with Gasteiger partial charge in [-0.1, -0.05) is 44.2 Å². The van der Waals surface area contributed by atoms with Gasteiger partial charge in [0, 0.05) is 11.3 Å². The molecule has 0 amide bonds. The van der Waals surface area contributed by atoms with Gasteiger partial charge in [0.2, 0.25) is 0 Å². The fourth-order valence-electron chi connectivity index (χ4n) is 3.12. The predicted molar refractivity (Wildman–Crippen MR) is 87.0 cm³/mol. The topological polar surface area (TPSA) is 12.0 Å². The maximum Gasteiger partial charge on any atom is 0.0206 e. The fraction of sp³-hybridized carbons (Fsp3) is 0.647. The first-order chi connectivity index (χ1) is 9.35. The lowest BCUT2D eigenvalue weighted by atomic mass is 9.81. The molecule has 3 atom stereocenters. The van der Waals surface area contributed by atoms with Crippen LogP contribution in [0.25, 0.3) is 0 Å². The molecule has 3 unspecified atom stereocenters. The van der Waals surface area contributed by atoms with Crippen LogP contribution in [-0.2, 0) is 0 Å². The van der Waals surface area contributed by atoms with Gasteiger partial charge in [-0.2, -0.15) is 11.8 Å². The molecule has 2 heteroatoms. The van der Waals surface area contributed by atoms with Gasteiger partial charge < -0.3 is 5.32 Å². The first kappa shape index (κ1) is 14.9. The Balaban J connectivity index is 1.97. The first-order valence-corrected chi connectivity index (χ1v) is 8.80. The van der Waals surface area contributed by atoms with Gasteiger partial charge in [-0.15, -0.1) is 0 Å². The molecule has 1 N–H and O–H groups in total. The van der Waals surface area contributed by atoms with E-state index in [1.807, 2.05) is 0 Å². The molecule has 0 spiro atoms. The maximum absolute atomic E-state index is 3.76. The van der Waals surface area contributed by atoms with Crippen molar-refractivity contribution in [3.05, 3.63) is 35.9 Å². The molecule has 0 aliphatic heterocycles. The van der Waals surface area contributed by atoms with Crippen LogP contribution in [0.15, 0.2) is 30.3 Å². The van der Waals surface area contributed by atoms with Crippen LogP contribution in [0.2, 0.25) is 0 Å². The second kappa shape index (κ2) is 7.96. The second-order valence-electron chi connectivity index (χ2n) is 5.48. The van der Waals surface area contributed by atoms with Crippen molar-refractivity contribution in [1.29, 1.82) is 0 Å². The molecule has 1 aromatic carbocycles. The van der Waals surface area contributed by atoms with Crippen molar-refractivity contribution < 1.29 is 0 Å². The lowest BCUT2D eigenvalue weighted by Crippen LogP contribution is -2.42. The van der Waals surface area contributed by atoms with Crippen molar-refractivity contribution in [1.82, 2.24) is 5.32 Å². The van der Waals surface area contributed by atoms with Crippen LogP contribution in [0, 0.1) is 0 Å². The molecular weight excluding hydrogens is 250 g/mol. The Kier molecular flexibility index (Phi) is 6.25. The SMILES string of the molecule is CCCNC1CCC(c2ccccc2)CC1SCC. The standard InChI is InChI=1S/C17H27NS/c1-3-12-18-16-11-10-15(13-17(16)19-4-2)14-8-6-5-7-9-14/h5-9,15-18H,3-4,10-13H2,1-2H3. The van der Waals surface area contributed by atoms with Crippen LogP contribution in [-0.4, -0.2) is 23.6 Å². The van der Waals surface area contributed by atoms with Gasteiger partial charge in [-0.05, 0) is 49.5 Å². The third-order valence-electron chi connectivity index (χ3n) is 4.10. The monoisotopic (exact) mass is 277 g/mol.